The van der Waals surface area contributed by atoms with Crippen LogP contribution in [0.4, 0.5) is 17.6 Å². The zero-order chi connectivity index (χ0) is 19.3. The highest BCUT2D eigenvalue weighted by Crippen LogP contribution is 2.32. The van der Waals surface area contributed by atoms with Gasteiger partial charge in [0.1, 0.15) is 5.82 Å². The Kier molecular flexibility index (Phi) is 7.47. The molecule has 25 heavy (non-hydrogen) atoms. The molecule has 1 rings (SSSR count). The van der Waals surface area contributed by atoms with Crippen LogP contribution in [0, 0.1) is 5.82 Å². The predicted molar refractivity (Wildman–Crippen MR) is 91.7 cm³/mol. The van der Waals surface area contributed by atoms with Crippen LogP contribution in [-0.2, 0) is 22.4 Å². The molecule has 0 aliphatic carbocycles. The van der Waals surface area contributed by atoms with Gasteiger partial charge in [0.2, 0.25) is 0 Å². The Bertz CT molecular complexity index is 659. The number of halogens is 4. The van der Waals surface area contributed by atoms with Gasteiger partial charge in [0, 0.05) is 0 Å². The number of sulfone groups is 1. The van der Waals surface area contributed by atoms with Crippen LogP contribution in [-0.4, -0.2) is 18.9 Å². The van der Waals surface area contributed by atoms with E-state index in [1.807, 2.05) is 0 Å². The maximum absolute atomic E-state index is 13.2. The summed E-state index contributed by atoms with van der Waals surface area (Å²) in [5, 5.41) is 0. The van der Waals surface area contributed by atoms with E-state index in [1.165, 1.54) is 6.07 Å². The summed E-state index contributed by atoms with van der Waals surface area (Å²) < 4.78 is 74.3. The van der Waals surface area contributed by atoms with Gasteiger partial charge in [-0.3, -0.25) is 0 Å². The van der Waals surface area contributed by atoms with Crippen LogP contribution in [0.1, 0.15) is 64.0 Å². The lowest BCUT2D eigenvalue weighted by Gasteiger charge is -2.18. The van der Waals surface area contributed by atoms with Crippen molar-refractivity contribution in [3.8, 4) is 0 Å². The Morgan fingerprint density at radius 2 is 1.48 bits per heavy atom. The molecule has 0 bridgehead atoms. The van der Waals surface area contributed by atoms with E-state index in [-0.39, 0.29) is 5.75 Å². The molecule has 1 aromatic carbocycles. The molecule has 2 nitrogen and oxygen atoms in total. The summed E-state index contributed by atoms with van der Waals surface area (Å²) in [5.74, 6) is -1.10. The maximum Gasteiger partial charge on any atom is 0.419 e. The number of benzene rings is 1. The fourth-order valence-corrected chi connectivity index (χ4v) is 3.60. The van der Waals surface area contributed by atoms with Crippen molar-refractivity contribution >= 4 is 9.84 Å². The van der Waals surface area contributed by atoms with Crippen LogP contribution in [0.5, 0.6) is 0 Å². The molecule has 7 heteroatoms. The van der Waals surface area contributed by atoms with E-state index in [2.05, 4.69) is 0 Å². The predicted octanol–water partition coefficient (Wildman–Crippen LogP) is 5.55. The van der Waals surface area contributed by atoms with Gasteiger partial charge in [-0.05, 0) is 57.7 Å². The van der Waals surface area contributed by atoms with Crippen molar-refractivity contribution in [2.45, 2.75) is 70.2 Å². The molecular formula is C18H26F4O2S. The van der Waals surface area contributed by atoms with E-state index in [0.717, 1.165) is 31.4 Å². The Labute approximate surface area is 147 Å². The summed E-state index contributed by atoms with van der Waals surface area (Å²) in [5.41, 5.74) is -0.763. The summed E-state index contributed by atoms with van der Waals surface area (Å²) in [6.45, 7) is 5.04. The topological polar surface area (TPSA) is 34.1 Å². The highest BCUT2D eigenvalue weighted by Gasteiger charge is 2.34. The average molecular weight is 382 g/mol. The van der Waals surface area contributed by atoms with Gasteiger partial charge in [0.05, 0.1) is 16.1 Å². The smallest absolute Gasteiger partial charge is 0.228 e. The molecule has 0 saturated carbocycles. The molecule has 0 aromatic heterocycles. The minimum absolute atomic E-state index is 0.156. The SMILES string of the molecule is CC(C)(C)S(=O)(=O)CCCCCCCc1ccc(F)c(C(F)(F)F)c1. The molecule has 0 aliphatic heterocycles. The highest BCUT2D eigenvalue weighted by molar-refractivity contribution is 7.92. The van der Waals surface area contributed by atoms with Gasteiger partial charge in [-0.1, -0.05) is 25.3 Å². The van der Waals surface area contributed by atoms with Crippen molar-refractivity contribution in [3.63, 3.8) is 0 Å². The third kappa shape index (κ3) is 6.96. The lowest BCUT2D eigenvalue weighted by atomic mass is 10.0. The quantitative estimate of drug-likeness (QED) is 0.436. The van der Waals surface area contributed by atoms with Crippen LogP contribution < -0.4 is 0 Å². The zero-order valence-electron chi connectivity index (χ0n) is 14.9. The fraction of sp³-hybridized carbons (Fsp3) is 0.667. The van der Waals surface area contributed by atoms with Crippen molar-refractivity contribution in [2.75, 3.05) is 5.75 Å². The lowest BCUT2D eigenvalue weighted by molar-refractivity contribution is -0.140. The van der Waals surface area contributed by atoms with Gasteiger partial charge in [-0.2, -0.15) is 13.2 Å². The summed E-state index contributed by atoms with van der Waals surface area (Å²) in [7, 11) is -3.10. The first-order valence-corrected chi connectivity index (χ1v) is 10.1. The monoisotopic (exact) mass is 382 g/mol. The first-order valence-electron chi connectivity index (χ1n) is 8.42. The van der Waals surface area contributed by atoms with Crippen LogP contribution >= 0.6 is 0 Å². The molecule has 0 unspecified atom stereocenters. The van der Waals surface area contributed by atoms with E-state index >= 15 is 0 Å². The van der Waals surface area contributed by atoms with Gasteiger partial charge >= 0.3 is 6.18 Å². The largest absolute Gasteiger partial charge is 0.419 e. The molecule has 0 fully saturated rings. The number of hydrogen-bond donors (Lipinski definition) is 0. The average Bonchev–Trinajstić information content (AvgIpc) is 2.45. The molecular weight excluding hydrogens is 356 g/mol. The van der Waals surface area contributed by atoms with E-state index in [1.54, 1.807) is 20.8 Å². The molecule has 144 valence electrons. The summed E-state index contributed by atoms with van der Waals surface area (Å²) >= 11 is 0. The van der Waals surface area contributed by atoms with Crippen LogP contribution in [0.3, 0.4) is 0 Å². The Balaban J connectivity index is 2.34. The maximum atomic E-state index is 13.2. The molecule has 0 N–H and O–H groups in total. The van der Waals surface area contributed by atoms with Crippen LogP contribution in [0.25, 0.3) is 0 Å². The van der Waals surface area contributed by atoms with Crippen molar-refractivity contribution < 1.29 is 26.0 Å². The first kappa shape index (κ1) is 21.9. The van der Waals surface area contributed by atoms with Crippen molar-refractivity contribution in [1.29, 1.82) is 0 Å². The second-order valence-corrected chi connectivity index (χ2v) is 10.1. The molecule has 0 spiro atoms. The minimum Gasteiger partial charge on any atom is -0.228 e. The molecule has 0 amide bonds. The summed E-state index contributed by atoms with van der Waals surface area (Å²) in [4.78, 5) is 0. The molecule has 0 saturated heterocycles. The normalized spacial score (nSPS) is 13.2. The van der Waals surface area contributed by atoms with Gasteiger partial charge in [0.25, 0.3) is 0 Å². The van der Waals surface area contributed by atoms with Gasteiger partial charge in [0.15, 0.2) is 9.84 Å². The highest BCUT2D eigenvalue weighted by atomic mass is 32.2. The lowest BCUT2D eigenvalue weighted by Crippen LogP contribution is -2.30. The first-order chi connectivity index (χ1) is 11.3. The van der Waals surface area contributed by atoms with Crippen molar-refractivity contribution in [1.82, 2.24) is 0 Å². The van der Waals surface area contributed by atoms with E-state index in [9.17, 15) is 26.0 Å². The molecule has 0 radical (unpaired) electrons. The summed E-state index contributed by atoms with van der Waals surface area (Å²) in [6, 6.07) is 3.10. The standard InChI is InChI=1S/C18H26F4O2S/c1-17(2,3)25(23,24)12-8-6-4-5-7-9-14-10-11-16(19)15(13-14)18(20,21)22/h10-11,13H,4-9,12H2,1-3H3. The Morgan fingerprint density at radius 1 is 0.920 bits per heavy atom. The third-order valence-corrected chi connectivity index (χ3v) is 6.84. The Morgan fingerprint density at radius 3 is 2.04 bits per heavy atom. The second kappa shape index (κ2) is 8.52. The third-order valence-electron chi connectivity index (χ3n) is 4.15. The number of rotatable bonds is 8. The van der Waals surface area contributed by atoms with Crippen molar-refractivity contribution in [3.05, 3.63) is 35.1 Å². The molecule has 1 aromatic rings. The van der Waals surface area contributed by atoms with E-state index in [4.69, 9.17) is 0 Å². The van der Waals surface area contributed by atoms with Crippen LogP contribution in [0.2, 0.25) is 0 Å². The number of alkyl halides is 3. The summed E-state index contributed by atoms with van der Waals surface area (Å²) in [6.07, 6.45) is -0.556. The van der Waals surface area contributed by atoms with E-state index < -0.39 is 32.1 Å². The van der Waals surface area contributed by atoms with Gasteiger partial charge in [-0.15, -0.1) is 0 Å². The minimum atomic E-state index is -4.68. The number of hydrogen-bond acceptors (Lipinski definition) is 2. The Hall–Kier alpha value is -1.11. The number of aryl methyl sites for hydroxylation is 1. The van der Waals surface area contributed by atoms with Crippen molar-refractivity contribution in [2.24, 2.45) is 0 Å². The fourth-order valence-electron chi connectivity index (χ4n) is 2.40. The van der Waals surface area contributed by atoms with E-state index in [0.29, 0.717) is 24.8 Å². The number of unbranched alkanes of at least 4 members (excludes halogenated alkanes) is 4. The van der Waals surface area contributed by atoms with Crippen LogP contribution in [0.15, 0.2) is 18.2 Å². The molecule has 0 atom stereocenters. The van der Waals surface area contributed by atoms with Gasteiger partial charge in [-0.25, -0.2) is 12.8 Å². The second-order valence-electron chi connectivity index (χ2n) is 7.26. The molecule has 0 heterocycles. The molecule has 0 aliphatic rings. The zero-order valence-corrected chi connectivity index (χ0v) is 15.7. The van der Waals surface area contributed by atoms with Gasteiger partial charge < -0.3 is 0 Å².